The maximum Gasteiger partial charge on any atom is 0.134 e. The average molecular weight is 349 g/mol. The van der Waals surface area contributed by atoms with Crippen molar-refractivity contribution in [2.24, 2.45) is 0 Å². The first-order valence-corrected chi connectivity index (χ1v) is 8.90. The van der Waals surface area contributed by atoms with Crippen LogP contribution in [0.3, 0.4) is 0 Å². The third-order valence-electron chi connectivity index (χ3n) is 4.12. The van der Waals surface area contributed by atoms with Gasteiger partial charge in [0.15, 0.2) is 0 Å². The van der Waals surface area contributed by atoms with Gasteiger partial charge in [0.25, 0.3) is 0 Å². The highest BCUT2D eigenvalue weighted by molar-refractivity contribution is 7.13. The second-order valence-electron chi connectivity index (χ2n) is 5.67. The third kappa shape index (κ3) is 2.75. The molecular formula is C20H13ClN2S. The Morgan fingerprint density at radius 2 is 1.92 bits per heavy atom. The minimum atomic E-state index is 0.592. The Morgan fingerprint density at radius 1 is 1.12 bits per heavy atom. The van der Waals surface area contributed by atoms with Gasteiger partial charge >= 0.3 is 0 Å². The number of fused-ring (bicyclic) bond motifs is 3. The largest absolute Gasteiger partial charge is 0.235 e. The van der Waals surface area contributed by atoms with E-state index in [2.05, 4.69) is 24.3 Å². The fourth-order valence-corrected chi connectivity index (χ4v) is 4.10. The van der Waals surface area contributed by atoms with Gasteiger partial charge in [-0.25, -0.2) is 4.98 Å². The van der Waals surface area contributed by atoms with Crippen LogP contribution in [0.4, 0.5) is 0 Å². The number of rotatable bonds is 2. The molecule has 1 heterocycles. The molecular weight excluding hydrogens is 336 g/mol. The standard InChI is InChI=1S/C20H13ClN2S/c21-16-8-5-13(6-9-16)11-15(12-22)20-23-19-17-4-2-1-3-14(17)7-10-18(19)24-20/h1-6,8-9,11H,7,10H2. The fraction of sp³-hybridized carbons (Fsp3) is 0.100. The molecule has 0 unspecified atom stereocenters. The van der Waals surface area contributed by atoms with E-state index in [1.165, 1.54) is 16.0 Å². The van der Waals surface area contributed by atoms with Gasteiger partial charge in [-0.15, -0.1) is 11.3 Å². The number of benzene rings is 2. The molecule has 0 N–H and O–H groups in total. The van der Waals surface area contributed by atoms with Crippen molar-refractivity contribution in [1.29, 1.82) is 5.26 Å². The highest BCUT2D eigenvalue weighted by Gasteiger charge is 2.21. The molecule has 0 saturated carbocycles. The third-order valence-corrected chi connectivity index (χ3v) is 5.52. The maximum atomic E-state index is 9.57. The van der Waals surface area contributed by atoms with Gasteiger partial charge in [0.2, 0.25) is 0 Å². The second kappa shape index (κ2) is 6.24. The molecule has 0 bridgehead atoms. The lowest BCUT2D eigenvalue weighted by Gasteiger charge is -2.13. The number of hydrogen-bond acceptors (Lipinski definition) is 3. The Morgan fingerprint density at radius 3 is 2.71 bits per heavy atom. The topological polar surface area (TPSA) is 36.7 Å². The number of aromatic nitrogens is 1. The molecule has 1 aromatic heterocycles. The molecule has 0 saturated heterocycles. The smallest absolute Gasteiger partial charge is 0.134 e. The van der Waals surface area contributed by atoms with Gasteiger partial charge in [-0.05, 0) is 42.2 Å². The van der Waals surface area contributed by atoms with E-state index in [1.54, 1.807) is 11.3 Å². The van der Waals surface area contributed by atoms with Crippen molar-refractivity contribution < 1.29 is 0 Å². The maximum absolute atomic E-state index is 9.57. The summed E-state index contributed by atoms with van der Waals surface area (Å²) in [6.07, 6.45) is 3.89. The van der Waals surface area contributed by atoms with Crippen molar-refractivity contribution >= 4 is 34.6 Å². The van der Waals surface area contributed by atoms with Crippen LogP contribution in [0.2, 0.25) is 5.02 Å². The summed E-state index contributed by atoms with van der Waals surface area (Å²) in [7, 11) is 0. The van der Waals surface area contributed by atoms with Crippen LogP contribution >= 0.6 is 22.9 Å². The summed E-state index contributed by atoms with van der Waals surface area (Å²) in [5, 5.41) is 11.0. The molecule has 2 aromatic carbocycles. The van der Waals surface area contributed by atoms with Gasteiger partial charge in [0, 0.05) is 15.5 Å². The molecule has 4 heteroatoms. The van der Waals surface area contributed by atoms with Crippen LogP contribution in [0.15, 0.2) is 48.5 Å². The van der Waals surface area contributed by atoms with Crippen LogP contribution in [-0.4, -0.2) is 4.98 Å². The second-order valence-corrected chi connectivity index (χ2v) is 7.19. The Kier molecular flexibility index (Phi) is 3.93. The van der Waals surface area contributed by atoms with E-state index in [0.29, 0.717) is 10.6 Å². The lowest BCUT2D eigenvalue weighted by atomic mass is 9.94. The van der Waals surface area contributed by atoms with Crippen LogP contribution in [0.25, 0.3) is 22.9 Å². The minimum absolute atomic E-state index is 0.592. The zero-order chi connectivity index (χ0) is 16.5. The summed E-state index contributed by atoms with van der Waals surface area (Å²) in [6.45, 7) is 0. The molecule has 116 valence electrons. The van der Waals surface area contributed by atoms with E-state index in [1.807, 2.05) is 36.4 Å². The van der Waals surface area contributed by atoms with Crippen molar-refractivity contribution in [2.75, 3.05) is 0 Å². The van der Waals surface area contributed by atoms with Crippen molar-refractivity contribution in [1.82, 2.24) is 4.98 Å². The van der Waals surface area contributed by atoms with E-state index in [-0.39, 0.29) is 0 Å². The van der Waals surface area contributed by atoms with E-state index < -0.39 is 0 Å². The molecule has 0 aliphatic heterocycles. The van der Waals surface area contributed by atoms with Gasteiger partial charge in [-0.2, -0.15) is 5.26 Å². The summed E-state index contributed by atoms with van der Waals surface area (Å²) in [4.78, 5) is 6.04. The number of hydrogen-bond donors (Lipinski definition) is 0. The number of aryl methyl sites for hydroxylation is 2. The van der Waals surface area contributed by atoms with Gasteiger partial charge < -0.3 is 0 Å². The highest BCUT2D eigenvalue weighted by atomic mass is 35.5. The summed E-state index contributed by atoms with van der Waals surface area (Å²) in [5.41, 5.74) is 5.11. The highest BCUT2D eigenvalue weighted by Crippen LogP contribution is 2.38. The van der Waals surface area contributed by atoms with Crippen LogP contribution in [0.1, 0.15) is 21.0 Å². The Hall–Kier alpha value is -2.41. The van der Waals surface area contributed by atoms with Gasteiger partial charge in [-0.3, -0.25) is 0 Å². The molecule has 0 atom stereocenters. The molecule has 2 nitrogen and oxygen atoms in total. The predicted molar refractivity (Wildman–Crippen MR) is 99.9 cm³/mol. The molecule has 1 aliphatic rings. The number of halogens is 1. The van der Waals surface area contributed by atoms with Crippen molar-refractivity contribution in [3.05, 3.63) is 74.6 Å². The molecule has 4 rings (SSSR count). The van der Waals surface area contributed by atoms with Crippen LogP contribution in [-0.2, 0) is 12.8 Å². The number of allylic oxidation sites excluding steroid dienone is 1. The van der Waals surface area contributed by atoms with Crippen molar-refractivity contribution in [2.45, 2.75) is 12.8 Å². The normalized spacial score (nSPS) is 13.1. The fourth-order valence-electron chi connectivity index (χ4n) is 2.93. The van der Waals surface area contributed by atoms with Crippen LogP contribution in [0.5, 0.6) is 0 Å². The first-order chi connectivity index (χ1) is 11.7. The Labute approximate surface area is 149 Å². The quantitative estimate of drug-likeness (QED) is 0.563. The van der Waals surface area contributed by atoms with Gasteiger partial charge in [-0.1, -0.05) is 48.0 Å². The molecule has 3 aromatic rings. The summed E-state index contributed by atoms with van der Waals surface area (Å²) in [5.74, 6) is 0. The van der Waals surface area contributed by atoms with Gasteiger partial charge in [0.05, 0.1) is 11.3 Å². The predicted octanol–water partition coefficient (Wildman–Crippen LogP) is 5.63. The lowest BCUT2D eigenvalue weighted by molar-refractivity contribution is 0.955. The van der Waals surface area contributed by atoms with Gasteiger partial charge in [0.1, 0.15) is 11.1 Å². The number of nitrogens with zero attached hydrogens (tertiary/aromatic N) is 2. The van der Waals surface area contributed by atoms with Crippen LogP contribution < -0.4 is 0 Å². The Balaban J connectivity index is 1.77. The van der Waals surface area contributed by atoms with E-state index in [9.17, 15) is 5.26 Å². The summed E-state index contributed by atoms with van der Waals surface area (Å²) in [6, 6.07) is 18.1. The molecule has 0 amide bonds. The first-order valence-electron chi connectivity index (χ1n) is 7.70. The monoisotopic (exact) mass is 348 g/mol. The SMILES string of the molecule is N#CC(=Cc1ccc(Cl)cc1)c1nc2c(s1)CCc1ccccc1-2. The van der Waals surface area contributed by atoms with E-state index in [0.717, 1.165) is 29.1 Å². The minimum Gasteiger partial charge on any atom is -0.235 e. The van der Waals surface area contributed by atoms with Crippen molar-refractivity contribution in [3.8, 4) is 17.3 Å². The number of nitriles is 1. The lowest BCUT2D eigenvalue weighted by Crippen LogP contribution is -2.01. The Bertz CT molecular complexity index is 978. The molecule has 0 radical (unpaired) electrons. The molecule has 24 heavy (non-hydrogen) atoms. The number of thiazole rings is 1. The molecule has 0 fully saturated rings. The zero-order valence-electron chi connectivity index (χ0n) is 12.8. The zero-order valence-corrected chi connectivity index (χ0v) is 14.4. The van der Waals surface area contributed by atoms with Crippen LogP contribution in [0, 0.1) is 11.3 Å². The summed E-state index contributed by atoms with van der Waals surface area (Å²) < 4.78 is 0. The molecule has 0 spiro atoms. The first kappa shape index (κ1) is 15.1. The van der Waals surface area contributed by atoms with E-state index in [4.69, 9.17) is 16.6 Å². The summed E-state index contributed by atoms with van der Waals surface area (Å²) >= 11 is 7.55. The van der Waals surface area contributed by atoms with Crippen molar-refractivity contribution in [3.63, 3.8) is 0 Å². The average Bonchev–Trinajstić information content (AvgIpc) is 3.06. The van der Waals surface area contributed by atoms with E-state index >= 15 is 0 Å². The molecule has 1 aliphatic carbocycles.